The number of hydrogen-bond donors (Lipinski definition) is 1. The summed E-state index contributed by atoms with van der Waals surface area (Å²) in [7, 11) is 1.96. The van der Waals surface area contributed by atoms with E-state index in [1.807, 2.05) is 48.3 Å². The van der Waals surface area contributed by atoms with Crippen LogP contribution in [0, 0.1) is 10.5 Å². The highest BCUT2D eigenvalue weighted by Crippen LogP contribution is 2.13. The zero-order valence-electron chi connectivity index (χ0n) is 12.3. The maximum Gasteiger partial charge on any atom is 0.238 e. The van der Waals surface area contributed by atoms with Crippen LogP contribution in [-0.2, 0) is 11.3 Å². The largest absolute Gasteiger partial charge is 0.325 e. The van der Waals surface area contributed by atoms with Crippen molar-refractivity contribution in [2.45, 2.75) is 13.5 Å². The number of anilines is 1. The summed E-state index contributed by atoms with van der Waals surface area (Å²) in [6.45, 7) is 3.24. The van der Waals surface area contributed by atoms with Crippen LogP contribution in [0.4, 0.5) is 5.69 Å². The van der Waals surface area contributed by atoms with E-state index < -0.39 is 0 Å². The molecule has 2 rings (SSSR count). The highest BCUT2D eigenvalue weighted by Gasteiger charge is 2.08. The number of amides is 1. The molecule has 0 radical (unpaired) electrons. The highest BCUT2D eigenvalue weighted by molar-refractivity contribution is 14.1. The van der Waals surface area contributed by atoms with Gasteiger partial charge in [-0.15, -0.1) is 0 Å². The molecule has 0 aliphatic rings. The van der Waals surface area contributed by atoms with Crippen molar-refractivity contribution >= 4 is 34.2 Å². The van der Waals surface area contributed by atoms with Gasteiger partial charge in [0.2, 0.25) is 5.91 Å². The molecule has 21 heavy (non-hydrogen) atoms. The molecule has 0 aliphatic heterocycles. The summed E-state index contributed by atoms with van der Waals surface area (Å²) in [6.07, 6.45) is 0. The Labute approximate surface area is 139 Å². The minimum Gasteiger partial charge on any atom is -0.325 e. The maximum atomic E-state index is 12.1. The lowest BCUT2D eigenvalue weighted by Crippen LogP contribution is -2.30. The summed E-state index contributed by atoms with van der Waals surface area (Å²) in [5, 5.41) is 2.93. The van der Waals surface area contributed by atoms with Crippen molar-refractivity contribution in [3.8, 4) is 0 Å². The third kappa shape index (κ3) is 5.13. The molecule has 2 aromatic carbocycles. The molecular weight excluding hydrogens is 375 g/mol. The quantitative estimate of drug-likeness (QED) is 0.785. The Morgan fingerprint density at radius 3 is 2.67 bits per heavy atom. The topological polar surface area (TPSA) is 32.3 Å². The maximum absolute atomic E-state index is 12.1. The standard InChI is InChI=1S/C17H19IN2O/c1-13-6-3-4-7-14(13)11-20(2)12-17(21)19-16-9-5-8-15(18)10-16/h3-10H,11-12H2,1-2H3,(H,19,21). The first-order valence-electron chi connectivity index (χ1n) is 6.83. The second kappa shape index (κ2) is 7.56. The number of nitrogens with zero attached hydrogens (tertiary/aromatic N) is 1. The smallest absolute Gasteiger partial charge is 0.238 e. The molecule has 110 valence electrons. The predicted octanol–water partition coefficient (Wildman–Crippen LogP) is 3.67. The van der Waals surface area contributed by atoms with Crippen LogP contribution in [0.15, 0.2) is 48.5 Å². The molecule has 2 aromatic rings. The number of rotatable bonds is 5. The van der Waals surface area contributed by atoms with E-state index >= 15 is 0 Å². The zero-order valence-corrected chi connectivity index (χ0v) is 14.4. The summed E-state index contributed by atoms with van der Waals surface area (Å²) in [5.74, 6) is 0.00749. The van der Waals surface area contributed by atoms with Crippen LogP contribution in [0.3, 0.4) is 0 Å². The first-order chi connectivity index (χ1) is 10.0. The van der Waals surface area contributed by atoms with Gasteiger partial charge in [0.25, 0.3) is 0 Å². The van der Waals surface area contributed by atoms with E-state index in [2.05, 4.69) is 47.0 Å². The molecule has 3 nitrogen and oxygen atoms in total. The number of carbonyl (C=O) groups is 1. The van der Waals surface area contributed by atoms with Gasteiger partial charge in [0.1, 0.15) is 0 Å². The number of carbonyl (C=O) groups excluding carboxylic acids is 1. The molecule has 0 spiro atoms. The molecule has 0 fully saturated rings. The van der Waals surface area contributed by atoms with Crippen LogP contribution in [0.5, 0.6) is 0 Å². The minimum atomic E-state index is 0.00749. The van der Waals surface area contributed by atoms with Crippen molar-refractivity contribution in [1.82, 2.24) is 4.90 Å². The van der Waals surface area contributed by atoms with E-state index in [4.69, 9.17) is 0 Å². The van der Waals surface area contributed by atoms with Crippen molar-refractivity contribution in [2.24, 2.45) is 0 Å². The Hall–Kier alpha value is -1.40. The average Bonchev–Trinajstić information content (AvgIpc) is 2.41. The number of hydrogen-bond acceptors (Lipinski definition) is 2. The van der Waals surface area contributed by atoms with Gasteiger partial charge in [-0.2, -0.15) is 0 Å². The first kappa shape index (κ1) is 16.0. The molecule has 0 unspecified atom stereocenters. The van der Waals surface area contributed by atoms with Crippen molar-refractivity contribution in [3.05, 3.63) is 63.2 Å². The number of likely N-dealkylation sites (N-methyl/N-ethyl adjacent to an activating group) is 1. The number of benzene rings is 2. The normalized spacial score (nSPS) is 10.7. The van der Waals surface area contributed by atoms with Crippen molar-refractivity contribution in [1.29, 1.82) is 0 Å². The van der Waals surface area contributed by atoms with E-state index in [-0.39, 0.29) is 5.91 Å². The Morgan fingerprint density at radius 1 is 1.19 bits per heavy atom. The van der Waals surface area contributed by atoms with E-state index in [9.17, 15) is 4.79 Å². The Kier molecular flexibility index (Phi) is 5.76. The molecule has 1 amide bonds. The summed E-state index contributed by atoms with van der Waals surface area (Å²) < 4.78 is 1.11. The Morgan fingerprint density at radius 2 is 1.95 bits per heavy atom. The van der Waals surface area contributed by atoms with Crippen LogP contribution < -0.4 is 5.32 Å². The Balaban J connectivity index is 1.89. The number of halogens is 1. The van der Waals surface area contributed by atoms with Crippen molar-refractivity contribution in [3.63, 3.8) is 0 Å². The van der Waals surface area contributed by atoms with Gasteiger partial charge in [-0.3, -0.25) is 9.69 Å². The van der Waals surface area contributed by atoms with Gasteiger partial charge in [0, 0.05) is 15.8 Å². The lowest BCUT2D eigenvalue weighted by molar-refractivity contribution is -0.117. The summed E-state index contributed by atoms with van der Waals surface area (Å²) in [6, 6.07) is 16.1. The second-order valence-corrected chi connectivity index (χ2v) is 6.40. The van der Waals surface area contributed by atoms with E-state index in [0.29, 0.717) is 6.54 Å². The van der Waals surface area contributed by atoms with Crippen LogP contribution in [0.25, 0.3) is 0 Å². The molecule has 0 bridgehead atoms. The Bertz CT molecular complexity index is 628. The fraction of sp³-hybridized carbons (Fsp3) is 0.235. The molecule has 0 heterocycles. The predicted molar refractivity (Wildman–Crippen MR) is 95.3 cm³/mol. The second-order valence-electron chi connectivity index (χ2n) is 5.16. The van der Waals surface area contributed by atoms with Crippen molar-refractivity contribution in [2.75, 3.05) is 18.9 Å². The van der Waals surface area contributed by atoms with E-state index in [0.717, 1.165) is 15.8 Å². The first-order valence-corrected chi connectivity index (χ1v) is 7.91. The molecule has 4 heteroatoms. The van der Waals surface area contributed by atoms with Crippen LogP contribution in [0.2, 0.25) is 0 Å². The van der Waals surface area contributed by atoms with Gasteiger partial charge in [-0.05, 0) is 65.9 Å². The van der Waals surface area contributed by atoms with Gasteiger partial charge in [-0.1, -0.05) is 30.3 Å². The summed E-state index contributed by atoms with van der Waals surface area (Å²) in [5.41, 5.74) is 3.35. The van der Waals surface area contributed by atoms with Gasteiger partial charge in [0.05, 0.1) is 6.54 Å². The summed E-state index contributed by atoms with van der Waals surface area (Å²) in [4.78, 5) is 14.1. The fourth-order valence-corrected chi connectivity index (χ4v) is 2.69. The lowest BCUT2D eigenvalue weighted by atomic mass is 10.1. The molecule has 0 aromatic heterocycles. The molecular formula is C17H19IN2O. The lowest BCUT2D eigenvalue weighted by Gasteiger charge is -2.17. The van der Waals surface area contributed by atoms with Gasteiger partial charge >= 0.3 is 0 Å². The highest BCUT2D eigenvalue weighted by atomic mass is 127. The van der Waals surface area contributed by atoms with Gasteiger partial charge in [0.15, 0.2) is 0 Å². The van der Waals surface area contributed by atoms with Crippen LogP contribution >= 0.6 is 22.6 Å². The van der Waals surface area contributed by atoms with E-state index in [1.165, 1.54) is 11.1 Å². The molecule has 0 aliphatic carbocycles. The third-order valence-corrected chi connectivity index (χ3v) is 3.89. The van der Waals surface area contributed by atoms with Gasteiger partial charge in [-0.25, -0.2) is 0 Å². The third-order valence-electron chi connectivity index (χ3n) is 3.22. The van der Waals surface area contributed by atoms with Crippen molar-refractivity contribution < 1.29 is 4.79 Å². The van der Waals surface area contributed by atoms with Crippen LogP contribution in [-0.4, -0.2) is 24.4 Å². The molecule has 1 N–H and O–H groups in total. The van der Waals surface area contributed by atoms with Crippen LogP contribution in [0.1, 0.15) is 11.1 Å². The fourth-order valence-electron chi connectivity index (χ4n) is 2.15. The monoisotopic (exact) mass is 394 g/mol. The number of aryl methyl sites for hydroxylation is 1. The molecule has 0 atom stereocenters. The zero-order chi connectivity index (χ0) is 15.2. The van der Waals surface area contributed by atoms with E-state index in [1.54, 1.807) is 0 Å². The molecule has 0 saturated carbocycles. The SMILES string of the molecule is Cc1ccccc1CN(C)CC(=O)Nc1cccc(I)c1. The minimum absolute atomic E-state index is 0.00749. The summed E-state index contributed by atoms with van der Waals surface area (Å²) >= 11 is 2.23. The molecule has 0 saturated heterocycles. The number of nitrogens with one attached hydrogen (secondary N) is 1. The van der Waals surface area contributed by atoms with Gasteiger partial charge < -0.3 is 5.32 Å². The average molecular weight is 394 g/mol.